The van der Waals surface area contributed by atoms with Gasteiger partial charge in [-0.2, -0.15) is 0 Å². The van der Waals surface area contributed by atoms with Gasteiger partial charge in [0.2, 0.25) is 0 Å². The van der Waals surface area contributed by atoms with Crippen LogP contribution in [0, 0.1) is 0 Å². The molecular weight excluding hydrogens is 169 g/mol. The van der Waals surface area contributed by atoms with Gasteiger partial charge in [-0.3, -0.25) is 0 Å². The van der Waals surface area contributed by atoms with Crippen molar-refractivity contribution in [1.82, 2.24) is 0 Å². The molecule has 1 aromatic carbocycles. The Morgan fingerprint density at radius 2 is 1.58 bits per heavy atom. The Kier molecular flexibility index (Phi) is 2.42. The number of hydrogen-bond donors (Lipinski definition) is 0. The highest BCUT2D eigenvalue weighted by Gasteiger charge is 2.26. The summed E-state index contributed by atoms with van der Waals surface area (Å²) in [5.41, 5.74) is 0.190. The molecule has 0 spiro atoms. The largest absolute Gasteiger partial charge is 0.521 e. The Labute approximate surface area is 66.7 Å². The Balaban J connectivity index is 2.71. The van der Waals surface area contributed by atoms with Crippen LogP contribution in [0.1, 0.15) is 0 Å². The van der Waals surface area contributed by atoms with E-state index in [1.165, 1.54) is 12.1 Å². The van der Waals surface area contributed by atoms with Crippen LogP contribution in [-0.4, -0.2) is 6.30 Å². The van der Waals surface area contributed by atoms with Gasteiger partial charge in [-0.05, 0) is 12.1 Å². The van der Waals surface area contributed by atoms with Gasteiger partial charge in [0, 0.05) is 0 Å². The molecule has 0 N–H and O–H groups in total. The zero-order valence-corrected chi connectivity index (χ0v) is 5.92. The molecule has 0 radical (unpaired) electrons. The first-order valence-corrected chi connectivity index (χ1v) is 3.12. The molecule has 0 aliphatic carbocycles. The van der Waals surface area contributed by atoms with E-state index in [2.05, 4.69) is 10.2 Å². The highest BCUT2D eigenvalue weighted by atomic mass is 19.4. The van der Waals surface area contributed by atoms with Crippen LogP contribution in [0.2, 0.25) is 0 Å². The van der Waals surface area contributed by atoms with Gasteiger partial charge in [-0.1, -0.05) is 23.3 Å². The van der Waals surface area contributed by atoms with Gasteiger partial charge in [-0.25, -0.2) is 0 Å². The minimum atomic E-state index is -4.59. The number of halogens is 3. The normalized spacial score (nSPS) is 12.2. The van der Waals surface area contributed by atoms with Crippen LogP contribution in [0.25, 0.3) is 0 Å². The van der Waals surface area contributed by atoms with Crippen molar-refractivity contribution in [1.29, 1.82) is 0 Å². The molecule has 2 nitrogen and oxygen atoms in total. The van der Waals surface area contributed by atoms with E-state index in [-0.39, 0.29) is 5.69 Å². The van der Waals surface area contributed by atoms with Crippen LogP contribution in [-0.2, 0) is 0 Å². The fourth-order valence-corrected chi connectivity index (χ4v) is 0.609. The summed E-state index contributed by atoms with van der Waals surface area (Å²) in [6.07, 6.45) is -4.59. The first-order chi connectivity index (χ1) is 5.58. The maximum absolute atomic E-state index is 11.5. The quantitative estimate of drug-likeness (QED) is 0.461. The summed E-state index contributed by atoms with van der Waals surface area (Å²) in [5, 5.41) is 5.13. The average molecular weight is 174 g/mol. The van der Waals surface area contributed by atoms with Crippen molar-refractivity contribution in [2.24, 2.45) is 10.2 Å². The van der Waals surface area contributed by atoms with Crippen LogP contribution in [0.4, 0.5) is 18.9 Å². The van der Waals surface area contributed by atoms with E-state index < -0.39 is 6.30 Å². The van der Waals surface area contributed by atoms with Crippen molar-refractivity contribution in [2.45, 2.75) is 6.30 Å². The van der Waals surface area contributed by atoms with E-state index in [9.17, 15) is 13.2 Å². The van der Waals surface area contributed by atoms with E-state index >= 15 is 0 Å². The summed E-state index contributed by atoms with van der Waals surface area (Å²) >= 11 is 0. The number of benzene rings is 1. The maximum atomic E-state index is 11.5. The van der Waals surface area contributed by atoms with Crippen molar-refractivity contribution in [3.8, 4) is 0 Å². The Morgan fingerprint density at radius 3 is 2.08 bits per heavy atom. The van der Waals surface area contributed by atoms with Crippen LogP contribution < -0.4 is 0 Å². The molecule has 0 amide bonds. The summed E-state index contributed by atoms with van der Waals surface area (Å²) < 4.78 is 34.4. The van der Waals surface area contributed by atoms with Gasteiger partial charge in [-0.15, -0.1) is 18.3 Å². The number of azo groups is 1. The predicted octanol–water partition coefficient (Wildman–Crippen LogP) is 3.29. The minimum Gasteiger partial charge on any atom is -0.148 e. The molecule has 1 rings (SSSR count). The minimum absolute atomic E-state index is 0.190. The Morgan fingerprint density at radius 1 is 1.00 bits per heavy atom. The van der Waals surface area contributed by atoms with Gasteiger partial charge in [0.15, 0.2) is 0 Å². The summed E-state index contributed by atoms with van der Waals surface area (Å²) in [6, 6.07) is 7.74. The Bertz CT molecular complexity index is 266. The van der Waals surface area contributed by atoms with E-state index in [0.29, 0.717) is 0 Å². The maximum Gasteiger partial charge on any atom is 0.521 e. The van der Waals surface area contributed by atoms with Gasteiger partial charge >= 0.3 is 6.30 Å². The molecule has 12 heavy (non-hydrogen) atoms. The first-order valence-electron chi connectivity index (χ1n) is 3.12. The second-order valence-corrected chi connectivity index (χ2v) is 2.00. The second kappa shape index (κ2) is 3.34. The molecule has 0 saturated heterocycles. The van der Waals surface area contributed by atoms with Gasteiger partial charge in [0.25, 0.3) is 0 Å². The lowest BCUT2D eigenvalue weighted by Crippen LogP contribution is -1.99. The molecule has 0 aliphatic heterocycles. The molecule has 0 atom stereocenters. The molecule has 0 saturated carbocycles. The third kappa shape index (κ3) is 3.14. The second-order valence-electron chi connectivity index (χ2n) is 2.00. The number of alkyl halides is 3. The fourth-order valence-electron chi connectivity index (χ4n) is 0.609. The molecule has 0 aliphatic rings. The van der Waals surface area contributed by atoms with Crippen molar-refractivity contribution in [3.63, 3.8) is 0 Å². The molecule has 5 heteroatoms. The zero-order chi connectivity index (χ0) is 9.03. The average Bonchev–Trinajstić information content (AvgIpc) is 2.02. The summed E-state index contributed by atoms with van der Waals surface area (Å²) in [4.78, 5) is 0. The molecule has 0 unspecified atom stereocenters. The fraction of sp³-hybridized carbons (Fsp3) is 0.143. The third-order valence-corrected chi connectivity index (χ3v) is 1.04. The third-order valence-electron chi connectivity index (χ3n) is 1.04. The van der Waals surface area contributed by atoms with Gasteiger partial charge in [0.1, 0.15) is 0 Å². The monoisotopic (exact) mass is 174 g/mol. The van der Waals surface area contributed by atoms with Crippen LogP contribution in [0.3, 0.4) is 0 Å². The van der Waals surface area contributed by atoms with E-state index in [4.69, 9.17) is 0 Å². The molecule has 64 valence electrons. The number of nitrogens with zero attached hydrogens (tertiary/aromatic N) is 2. The highest BCUT2D eigenvalue weighted by molar-refractivity contribution is 5.34. The van der Waals surface area contributed by atoms with Crippen molar-refractivity contribution in [2.75, 3.05) is 0 Å². The first kappa shape index (κ1) is 8.70. The lowest BCUT2D eigenvalue weighted by atomic mass is 10.3. The van der Waals surface area contributed by atoms with Crippen LogP contribution in [0.5, 0.6) is 0 Å². The smallest absolute Gasteiger partial charge is 0.148 e. The van der Waals surface area contributed by atoms with Crippen molar-refractivity contribution in [3.05, 3.63) is 30.3 Å². The number of hydrogen-bond acceptors (Lipinski definition) is 2. The van der Waals surface area contributed by atoms with Gasteiger partial charge in [0.05, 0.1) is 5.69 Å². The zero-order valence-electron chi connectivity index (χ0n) is 5.92. The standard InChI is InChI=1S/C7H5F3N2/c8-7(9,10)12-11-6-4-2-1-3-5-6/h1-5H. The van der Waals surface area contributed by atoms with E-state index in [1.54, 1.807) is 18.2 Å². The topological polar surface area (TPSA) is 24.7 Å². The van der Waals surface area contributed by atoms with Crippen molar-refractivity contribution >= 4 is 5.69 Å². The molecular formula is C7H5F3N2. The summed E-state index contributed by atoms with van der Waals surface area (Å²) in [5.74, 6) is 0. The predicted molar refractivity (Wildman–Crippen MR) is 37.0 cm³/mol. The SMILES string of the molecule is FC(F)(F)N=Nc1ccccc1. The molecule has 1 aromatic rings. The van der Waals surface area contributed by atoms with E-state index in [0.717, 1.165) is 0 Å². The van der Waals surface area contributed by atoms with Gasteiger partial charge < -0.3 is 0 Å². The van der Waals surface area contributed by atoms with Crippen LogP contribution >= 0.6 is 0 Å². The highest BCUT2D eigenvalue weighted by Crippen LogP contribution is 2.20. The Hall–Kier alpha value is -1.39. The van der Waals surface area contributed by atoms with E-state index in [1.807, 2.05) is 0 Å². The molecule has 0 bridgehead atoms. The molecule has 0 aromatic heterocycles. The molecule has 0 heterocycles. The lowest BCUT2D eigenvalue weighted by molar-refractivity contribution is -0.125. The lowest BCUT2D eigenvalue weighted by Gasteiger charge is -1.94. The summed E-state index contributed by atoms with van der Waals surface area (Å²) in [7, 11) is 0. The van der Waals surface area contributed by atoms with Crippen molar-refractivity contribution < 1.29 is 13.2 Å². The summed E-state index contributed by atoms with van der Waals surface area (Å²) in [6.45, 7) is 0. The molecule has 0 fully saturated rings. The van der Waals surface area contributed by atoms with Crippen LogP contribution in [0.15, 0.2) is 40.6 Å². The number of rotatable bonds is 1.